The second-order valence-electron chi connectivity index (χ2n) is 6.06. The quantitative estimate of drug-likeness (QED) is 0.312. The summed E-state index contributed by atoms with van der Waals surface area (Å²) in [6.45, 7) is 3.12. The Morgan fingerprint density at radius 1 is 1.00 bits per heavy atom. The Kier molecular flexibility index (Phi) is 11.6. The molecule has 144 valence electrons. The summed E-state index contributed by atoms with van der Waals surface area (Å²) >= 11 is 0. The van der Waals surface area contributed by atoms with Gasteiger partial charge in [0.2, 0.25) is 0 Å². The zero-order valence-corrected chi connectivity index (χ0v) is 16.0. The summed E-state index contributed by atoms with van der Waals surface area (Å²) in [5, 5.41) is 3.37. The van der Waals surface area contributed by atoms with Crippen LogP contribution >= 0.6 is 0 Å². The van der Waals surface area contributed by atoms with E-state index in [1.807, 2.05) is 18.2 Å². The van der Waals surface area contributed by atoms with Gasteiger partial charge in [-0.2, -0.15) is 0 Å². The molecule has 0 unspecified atom stereocenters. The molecule has 0 radical (unpaired) electrons. The maximum atomic E-state index is 11.6. The first-order valence-electron chi connectivity index (χ1n) is 9.43. The van der Waals surface area contributed by atoms with Crippen LogP contribution in [0.25, 0.3) is 0 Å². The molecule has 0 aliphatic carbocycles. The molecule has 1 aromatic carbocycles. The molecular weight excluding hydrogens is 330 g/mol. The van der Waals surface area contributed by atoms with Crippen LogP contribution in [-0.4, -0.2) is 32.2 Å². The number of benzene rings is 1. The summed E-state index contributed by atoms with van der Waals surface area (Å²) in [5.74, 6) is -0.562. The number of ether oxygens (including phenoxy) is 2. The van der Waals surface area contributed by atoms with Gasteiger partial charge >= 0.3 is 11.9 Å². The van der Waals surface area contributed by atoms with E-state index < -0.39 is 0 Å². The van der Waals surface area contributed by atoms with E-state index in [1.54, 1.807) is 19.1 Å². The molecule has 5 heteroatoms. The lowest BCUT2D eigenvalue weighted by atomic mass is 10.1. The number of rotatable bonds is 13. The van der Waals surface area contributed by atoms with Gasteiger partial charge < -0.3 is 14.8 Å². The summed E-state index contributed by atoms with van der Waals surface area (Å²) in [6, 6.07) is 7.39. The smallest absolute Gasteiger partial charge is 0.338 e. The monoisotopic (exact) mass is 361 g/mol. The number of methoxy groups -OCH3 is 1. The van der Waals surface area contributed by atoms with Gasteiger partial charge in [-0.1, -0.05) is 31.8 Å². The second-order valence-corrected chi connectivity index (χ2v) is 6.06. The average molecular weight is 361 g/mol. The average Bonchev–Trinajstić information content (AvgIpc) is 2.66. The first-order valence-corrected chi connectivity index (χ1v) is 9.43. The Hall–Kier alpha value is -2.30. The van der Waals surface area contributed by atoms with Crippen molar-refractivity contribution in [3.63, 3.8) is 0 Å². The number of carbonyl (C=O) groups is 2. The van der Waals surface area contributed by atoms with Crippen molar-refractivity contribution >= 4 is 17.6 Å². The molecule has 0 saturated heterocycles. The number of allylic oxidation sites excluding steroid dienone is 1. The van der Waals surface area contributed by atoms with Gasteiger partial charge in [0.15, 0.2) is 0 Å². The first kappa shape index (κ1) is 21.7. The van der Waals surface area contributed by atoms with Crippen LogP contribution in [0, 0.1) is 0 Å². The molecular formula is C21H31NO4. The lowest BCUT2D eigenvalue weighted by Crippen LogP contribution is -2.05. The molecule has 1 N–H and O–H groups in total. The van der Waals surface area contributed by atoms with Gasteiger partial charge in [0.05, 0.1) is 19.3 Å². The minimum absolute atomic E-state index is 0.278. The standard InChI is InChI=1S/C21H31NO4/c1-3-26-21(24)18-13-15-19(16-14-18)22-17-11-9-7-5-4-6-8-10-12-20(23)25-2/h10,12-16,22H,3-9,11,17H2,1-2H3. The molecule has 1 rings (SSSR count). The summed E-state index contributed by atoms with van der Waals surface area (Å²) < 4.78 is 9.51. The van der Waals surface area contributed by atoms with Crippen LogP contribution in [0.1, 0.15) is 62.2 Å². The third kappa shape index (κ3) is 9.87. The predicted octanol–water partition coefficient (Wildman–Crippen LogP) is 4.74. The number of nitrogens with one attached hydrogen (secondary N) is 1. The van der Waals surface area contributed by atoms with Gasteiger partial charge in [0, 0.05) is 18.3 Å². The van der Waals surface area contributed by atoms with Crippen molar-refractivity contribution in [2.24, 2.45) is 0 Å². The van der Waals surface area contributed by atoms with E-state index in [1.165, 1.54) is 38.9 Å². The third-order valence-corrected chi connectivity index (χ3v) is 3.98. The fraction of sp³-hybridized carbons (Fsp3) is 0.524. The predicted molar refractivity (Wildman–Crippen MR) is 104 cm³/mol. The molecule has 0 bridgehead atoms. The van der Waals surface area contributed by atoms with Crippen molar-refractivity contribution < 1.29 is 19.1 Å². The lowest BCUT2D eigenvalue weighted by Gasteiger charge is -2.07. The van der Waals surface area contributed by atoms with Gasteiger partial charge in [0.25, 0.3) is 0 Å². The van der Waals surface area contributed by atoms with Crippen molar-refractivity contribution in [2.45, 2.75) is 51.9 Å². The van der Waals surface area contributed by atoms with Crippen molar-refractivity contribution in [2.75, 3.05) is 25.6 Å². The highest BCUT2D eigenvalue weighted by molar-refractivity contribution is 5.89. The van der Waals surface area contributed by atoms with E-state index >= 15 is 0 Å². The number of carbonyl (C=O) groups excluding carboxylic acids is 2. The third-order valence-electron chi connectivity index (χ3n) is 3.98. The van der Waals surface area contributed by atoms with E-state index in [-0.39, 0.29) is 11.9 Å². The van der Waals surface area contributed by atoms with Crippen molar-refractivity contribution in [3.05, 3.63) is 42.0 Å². The highest BCUT2D eigenvalue weighted by atomic mass is 16.5. The van der Waals surface area contributed by atoms with Crippen molar-refractivity contribution in [1.82, 2.24) is 0 Å². The Bertz CT molecular complexity index is 552. The molecule has 26 heavy (non-hydrogen) atoms. The highest BCUT2D eigenvalue weighted by Gasteiger charge is 2.05. The topological polar surface area (TPSA) is 64.6 Å². The van der Waals surface area contributed by atoms with Crippen LogP contribution in [-0.2, 0) is 14.3 Å². The van der Waals surface area contributed by atoms with Gasteiger partial charge in [0.1, 0.15) is 0 Å². The largest absolute Gasteiger partial charge is 0.466 e. The van der Waals surface area contributed by atoms with E-state index in [9.17, 15) is 9.59 Å². The number of hydrogen-bond donors (Lipinski definition) is 1. The molecule has 0 spiro atoms. The van der Waals surface area contributed by atoms with E-state index in [0.29, 0.717) is 12.2 Å². The normalized spacial score (nSPS) is 10.7. The van der Waals surface area contributed by atoms with Crippen LogP contribution < -0.4 is 5.32 Å². The highest BCUT2D eigenvalue weighted by Crippen LogP contribution is 2.12. The Morgan fingerprint density at radius 3 is 2.31 bits per heavy atom. The molecule has 0 aromatic heterocycles. The second kappa shape index (κ2) is 13.9. The zero-order chi connectivity index (χ0) is 19.0. The SMILES string of the molecule is CCOC(=O)c1ccc(NCCCCCCCCC=CC(=O)OC)cc1. The van der Waals surface area contributed by atoms with Crippen LogP contribution in [0.15, 0.2) is 36.4 Å². The Labute approximate surface area is 156 Å². The van der Waals surface area contributed by atoms with E-state index in [0.717, 1.165) is 31.5 Å². The van der Waals surface area contributed by atoms with Crippen LogP contribution in [0.2, 0.25) is 0 Å². The molecule has 0 fully saturated rings. The fourth-order valence-electron chi connectivity index (χ4n) is 2.51. The van der Waals surface area contributed by atoms with E-state index in [2.05, 4.69) is 10.1 Å². The molecule has 5 nitrogen and oxygen atoms in total. The van der Waals surface area contributed by atoms with Crippen molar-refractivity contribution in [1.29, 1.82) is 0 Å². The van der Waals surface area contributed by atoms with Gasteiger partial charge in [-0.15, -0.1) is 0 Å². The fourth-order valence-corrected chi connectivity index (χ4v) is 2.51. The summed E-state index contributed by atoms with van der Waals surface area (Å²) in [7, 11) is 1.39. The summed E-state index contributed by atoms with van der Waals surface area (Å²) in [5.41, 5.74) is 1.61. The lowest BCUT2D eigenvalue weighted by molar-refractivity contribution is -0.134. The zero-order valence-electron chi connectivity index (χ0n) is 16.0. The van der Waals surface area contributed by atoms with Crippen molar-refractivity contribution in [3.8, 4) is 0 Å². The number of unbranched alkanes of at least 4 members (excludes halogenated alkanes) is 6. The van der Waals surface area contributed by atoms with Gasteiger partial charge in [-0.3, -0.25) is 0 Å². The van der Waals surface area contributed by atoms with Gasteiger partial charge in [-0.25, -0.2) is 9.59 Å². The summed E-state index contributed by atoms with van der Waals surface area (Å²) in [4.78, 5) is 22.5. The van der Waals surface area contributed by atoms with Crippen LogP contribution in [0.5, 0.6) is 0 Å². The molecule has 1 aromatic rings. The maximum Gasteiger partial charge on any atom is 0.338 e. The maximum absolute atomic E-state index is 11.6. The molecule has 0 heterocycles. The molecule has 0 aliphatic heterocycles. The summed E-state index contributed by atoms with van der Waals surface area (Å²) in [6.07, 6.45) is 11.4. The molecule has 0 atom stereocenters. The van der Waals surface area contributed by atoms with Crippen LogP contribution in [0.3, 0.4) is 0 Å². The van der Waals surface area contributed by atoms with Crippen LogP contribution in [0.4, 0.5) is 5.69 Å². The number of hydrogen-bond acceptors (Lipinski definition) is 5. The Balaban J connectivity index is 2.01. The minimum Gasteiger partial charge on any atom is -0.466 e. The minimum atomic E-state index is -0.284. The Morgan fingerprint density at radius 2 is 1.65 bits per heavy atom. The molecule has 0 saturated carbocycles. The van der Waals surface area contributed by atoms with Gasteiger partial charge in [-0.05, 0) is 50.5 Å². The number of esters is 2. The molecule has 0 amide bonds. The van der Waals surface area contributed by atoms with E-state index in [4.69, 9.17) is 4.74 Å². The number of anilines is 1. The molecule has 0 aliphatic rings. The first-order chi connectivity index (χ1) is 12.7.